The van der Waals surface area contributed by atoms with E-state index in [2.05, 4.69) is 15.5 Å². The second kappa shape index (κ2) is 6.07. The topological polar surface area (TPSA) is 58.1 Å². The maximum Gasteiger partial charge on any atom is 0.274 e. The van der Waals surface area contributed by atoms with Gasteiger partial charge in [0.1, 0.15) is 5.82 Å². The summed E-state index contributed by atoms with van der Waals surface area (Å²) in [6.07, 6.45) is -2.56. The summed E-state index contributed by atoms with van der Waals surface area (Å²) in [5, 5.41) is 10.3. The van der Waals surface area contributed by atoms with E-state index in [0.717, 1.165) is 4.90 Å². The molecule has 0 unspecified atom stereocenters. The van der Waals surface area contributed by atoms with Gasteiger partial charge in [0, 0.05) is 13.6 Å². The van der Waals surface area contributed by atoms with Gasteiger partial charge in [-0.25, -0.2) is 8.78 Å². The predicted molar refractivity (Wildman–Crippen MR) is 59.2 cm³/mol. The Kier molecular flexibility index (Phi) is 4.74. The second-order valence-corrected chi connectivity index (χ2v) is 3.41. The van der Waals surface area contributed by atoms with Crippen molar-refractivity contribution in [1.29, 1.82) is 0 Å². The minimum absolute atomic E-state index is 0.0507. The molecule has 1 aromatic rings. The van der Waals surface area contributed by atoms with Crippen LogP contribution in [0.2, 0.25) is 0 Å². The first-order valence-electron chi connectivity index (χ1n) is 5.15. The first-order chi connectivity index (χ1) is 8.04. The predicted octanol–water partition coefficient (Wildman–Crippen LogP) is 1.25. The first-order valence-corrected chi connectivity index (χ1v) is 5.15. The number of anilines is 1. The van der Waals surface area contributed by atoms with Gasteiger partial charge in [-0.05, 0) is 19.1 Å². The molecule has 0 spiro atoms. The minimum atomic E-state index is -2.56. The van der Waals surface area contributed by atoms with Crippen LogP contribution in [0.25, 0.3) is 0 Å². The molecule has 0 aliphatic rings. The lowest BCUT2D eigenvalue weighted by molar-refractivity contribution is 0.0614. The van der Waals surface area contributed by atoms with Crippen molar-refractivity contribution >= 4 is 11.7 Å². The number of carbonyl (C=O) groups excluding carboxylic acids is 1. The molecule has 1 heterocycles. The average molecular weight is 244 g/mol. The van der Waals surface area contributed by atoms with Crippen LogP contribution in [-0.2, 0) is 0 Å². The molecular weight excluding hydrogens is 230 g/mol. The Morgan fingerprint density at radius 3 is 2.65 bits per heavy atom. The summed E-state index contributed by atoms with van der Waals surface area (Å²) in [7, 11) is 1.30. The summed E-state index contributed by atoms with van der Waals surface area (Å²) in [4.78, 5) is 12.5. The third kappa shape index (κ3) is 3.93. The molecule has 94 valence electrons. The van der Waals surface area contributed by atoms with E-state index in [1.165, 1.54) is 13.1 Å². The Hall–Kier alpha value is -1.79. The molecular formula is C10H14F2N4O. The highest BCUT2D eigenvalue weighted by Crippen LogP contribution is 2.05. The van der Waals surface area contributed by atoms with E-state index in [4.69, 9.17) is 0 Å². The summed E-state index contributed by atoms with van der Waals surface area (Å²) >= 11 is 0. The van der Waals surface area contributed by atoms with Crippen molar-refractivity contribution in [1.82, 2.24) is 15.1 Å². The Labute approximate surface area is 97.8 Å². The molecule has 1 rings (SSSR count). The van der Waals surface area contributed by atoms with Crippen LogP contribution < -0.4 is 5.32 Å². The zero-order chi connectivity index (χ0) is 12.8. The van der Waals surface area contributed by atoms with E-state index < -0.39 is 18.9 Å². The summed E-state index contributed by atoms with van der Waals surface area (Å²) in [5.74, 6) is -0.0265. The number of hydrogen-bond acceptors (Lipinski definition) is 4. The quantitative estimate of drug-likeness (QED) is 0.846. The molecule has 0 aliphatic heterocycles. The normalized spacial score (nSPS) is 10.4. The molecule has 0 aliphatic carbocycles. The largest absolute Gasteiger partial charge is 0.369 e. The maximum atomic E-state index is 12.1. The Balaban J connectivity index is 2.69. The van der Waals surface area contributed by atoms with Crippen LogP contribution in [0.4, 0.5) is 14.6 Å². The van der Waals surface area contributed by atoms with E-state index in [0.29, 0.717) is 12.4 Å². The van der Waals surface area contributed by atoms with Crippen molar-refractivity contribution in [2.75, 3.05) is 25.5 Å². The Bertz CT molecular complexity index is 369. The molecule has 0 saturated carbocycles. The van der Waals surface area contributed by atoms with Gasteiger partial charge in [0.15, 0.2) is 5.69 Å². The molecule has 0 aromatic carbocycles. The number of aromatic nitrogens is 2. The standard InChI is InChI=1S/C10H14F2N4O/c1-3-13-9-5-4-7(14-15-9)10(17)16(2)6-8(11)12/h4-5,8H,3,6H2,1-2H3,(H,13,15). The summed E-state index contributed by atoms with van der Waals surface area (Å²) in [6.45, 7) is 1.97. The van der Waals surface area contributed by atoms with Crippen LogP contribution in [-0.4, -0.2) is 47.6 Å². The fraction of sp³-hybridized carbons (Fsp3) is 0.500. The van der Waals surface area contributed by atoms with E-state index in [1.807, 2.05) is 6.92 Å². The molecule has 0 radical (unpaired) electrons. The summed E-state index contributed by atoms with van der Waals surface area (Å²) in [6, 6.07) is 3.04. The Morgan fingerprint density at radius 2 is 2.18 bits per heavy atom. The van der Waals surface area contributed by atoms with Gasteiger partial charge in [-0.1, -0.05) is 0 Å². The van der Waals surface area contributed by atoms with Crippen LogP contribution in [0.15, 0.2) is 12.1 Å². The van der Waals surface area contributed by atoms with E-state index in [-0.39, 0.29) is 5.69 Å². The molecule has 0 fully saturated rings. The third-order valence-electron chi connectivity index (χ3n) is 2.00. The van der Waals surface area contributed by atoms with Crippen LogP contribution in [0.5, 0.6) is 0 Å². The van der Waals surface area contributed by atoms with E-state index in [9.17, 15) is 13.6 Å². The second-order valence-electron chi connectivity index (χ2n) is 3.41. The van der Waals surface area contributed by atoms with Gasteiger partial charge >= 0.3 is 0 Å². The minimum Gasteiger partial charge on any atom is -0.369 e. The number of nitrogens with zero attached hydrogens (tertiary/aromatic N) is 3. The van der Waals surface area contributed by atoms with Gasteiger partial charge in [-0.2, -0.15) is 0 Å². The highest BCUT2D eigenvalue weighted by molar-refractivity contribution is 5.92. The summed E-state index contributed by atoms with van der Waals surface area (Å²) in [5.41, 5.74) is 0.0507. The number of nitrogens with one attached hydrogen (secondary N) is 1. The number of amides is 1. The molecule has 7 heteroatoms. The number of rotatable bonds is 5. The van der Waals surface area contributed by atoms with Gasteiger partial charge in [-0.3, -0.25) is 4.79 Å². The van der Waals surface area contributed by atoms with Crippen molar-refractivity contribution in [2.24, 2.45) is 0 Å². The van der Waals surface area contributed by atoms with Crippen molar-refractivity contribution in [3.63, 3.8) is 0 Å². The van der Waals surface area contributed by atoms with Gasteiger partial charge < -0.3 is 10.2 Å². The molecule has 5 nitrogen and oxygen atoms in total. The lowest BCUT2D eigenvalue weighted by atomic mass is 10.3. The van der Waals surface area contributed by atoms with E-state index >= 15 is 0 Å². The molecule has 0 saturated heterocycles. The van der Waals surface area contributed by atoms with Crippen molar-refractivity contribution in [3.8, 4) is 0 Å². The first kappa shape index (κ1) is 13.3. The molecule has 17 heavy (non-hydrogen) atoms. The molecule has 1 N–H and O–H groups in total. The molecule has 1 amide bonds. The number of carbonyl (C=O) groups is 1. The SMILES string of the molecule is CCNc1ccc(C(=O)N(C)CC(F)F)nn1. The van der Waals surface area contributed by atoms with Crippen LogP contribution in [0, 0.1) is 0 Å². The average Bonchev–Trinajstić information content (AvgIpc) is 2.28. The lowest BCUT2D eigenvalue weighted by Gasteiger charge is -2.15. The molecule has 0 atom stereocenters. The smallest absolute Gasteiger partial charge is 0.274 e. The third-order valence-corrected chi connectivity index (χ3v) is 2.00. The van der Waals surface area contributed by atoms with Gasteiger partial charge in [-0.15, -0.1) is 10.2 Å². The fourth-order valence-corrected chi connectivity index (χ4v) is 1.21. The van der Waals surface area contributed by atoms with Crippen LogP contribution >= 0.6 is 0 Å². The zero-order valence-electron chi connectivity index (χ0n) is 9.65. The molecule has 0 bridgehead atoms. The Morgan fingerprint density at radius 1 is 1.47 bits per heavy atom. The van der Waals surface area contributed by atoms with Crippen LogP contribution in [0.3, 0.4) is 0 Å². The van der Waals surface area contributed by atoms with E-state index in [1.54, 1.807) is 6.07 Å². The number of alkyl halides is 2. The van der Waals surface area contributed by atoms with Crippen molar-refractivity contribution < 1.29 is 13.6 Å². The zero-order valence-corrected chi connectivity index (χ0v) is 9.65. The fourth-order valence-electron chi connectivity index (χ4n) is 1.21. The monoisotopic (exact) mass is 244 g/mol. The van der Waals surface area contributed by atoms with Crippen molar-refractivity contribution in [3.05, 3.63) is 17.8 Å². The van der Waals surface area contributed by atoms with Gasteiger partial charge in [0.05, 0.1) is 6.54 Å². The number of hydrogen-bond donors (Lipinski definition) is 1. The molecule has 1 aromatic heterocycles. The van der Waals surface area contributed by atoms with Gasteiger partial charge in [0.25, 0.3) is 12.3 Å². The van der Waals surface area contributed by atoms with Crippen molar-refractivity contribution in [2.45, 2.75) is 13.3 Å². The highest BCUT2D eigenvalue weighted by Gasteiger charge is 2.17. The van der Waals surface area contributed by atoms with Gasteiger partial charge in [0.2, 0.25) is 0 Å². The number of halogens is 2. The maximum absolute atomic E-state index is 12.1. The highest BCUT2D eigenvalue weighted by atomic mass is 19.3. The summed E-state index contributed by atoms with van der Waals surface area (Å²) < 4.78 is 24.2. The lowest BCUT2D eigenvalue weighted by Crippen LogP contribution is -2.32. The van der Waals surface area contributed by atoms with Crippen LogP contribution in [0.1, 0.15) is 17.4 Å².